The molecule has 0 aliphatic rings. The van der Waals surface area contributed by atoms with Gasteiger partial charge in [-0.2, -0.15) is 13.2 Å². The van der Waals surface area contributed by atoms with Crippen molar-refractivity contribution >= 4 is 28.6 Å². The SMILES string of the molecule is COC(=O)c1cnc(-c2cc(I)c(OC)cc2F)cc1C(F)(F)F. The van der Waals surface area contributed by atoms with Crippen molar-refractivity contribution < 1.29 is 31.8 Å². The van der Waals surface area contributed by atoms with Gasteiger partial charge in [0.25, 0.3) is 0 Å². The third-order valence-electron chi connectivity index (χ3n) is 3.13. The topological polar surface area (TPSA) is 48.4 Å². The molecule has 0 spiro atoms. The number of alkyl halides is 3. The van der Waals surface area contributed by atoms with Crippen molar-refractivity contribution in [3.05, 3.63) is 44.9 Å². The highest BCUT2D eigenvalue weighted by Crippen LogP contribution is 2.36. The average Bonchev–Trinajstić information content (AvgIpc) is 2.54. The van der Waals surface area contributed by atoms with Crippen molar-refractivity contribution in [2.24, 2.45) is 0 Å². The van der Waals surface area contributed by atoms with Crippen molar-refractivity contribution in [2.75, 3.05) is 14.2 Å². The summed E-state index contributed by atoms with van der Waals surface area (Å²) in [6.07, 6.45) is -4.10. The molecule has 0 aliphatic heterocycles. The highest BCUT2D eigenvalue weighted by molar-refractivity contribution is 14.1. The Hall–Kier alpha value is -1.91. The van der Waals surface area contributed by atoms with Crippen LogP contribution in [0.15, 0.2) is 24.4 Å². The Kier molecular flexibility index (Phi) is 5.31. The van der Waals surface area contributed by atoms with Crippen LogP contribution < -0.4 is 4.74 Å². The average molecular weight is 455 g/mol. The predicted octanol–water partition coefficient (Wildman–Crippen LogP) is 4.31. The van der Waals surface area contributed by atoms with Crippen LogP contribution in [0.4, 0.5) is 17.6 Å². The zero-order valence-electron chi connectivity index (χ0n) is 12.4. The first-order valence-electron chi connectivity index (χ1n) is 6.38. The van der Waals surface area contributed by atoms with Crippen molar-refractivity contribution in [1.29, 1.82) is 0 Å². The summed E-state index contributed by atoms with van der Waals surface area (Å²) in [4.78, 5) is 15.2. The summed E-state index contributed by atoms with van der Waals surface area (Å²) in [5, 5.41) is 0. The molecule has 0 fully saturated rings. The molecule has 128 valence electrons. The Morgan fingerprint density at radius 3 is 2.42 bits per heavy atom. The number of aromatic nitrogens is 1. The largest absolute Gasteiger partial charge is 0.496 e. The molecule has 1 heterocycles. The normalized spacial score (nSPS) is 11.3. The van der Waals surface area contributed by atoms with Gasteiger partial charge in [-0.1, -0.05) is 0 Å². The van der Waals surface area contributed by atoms with Gasteiger partial charge < -0.3 is 9.47 Å². The maximum Gasteiger partial charge on any atom is 0.417 e. The zero-order chi connectivity index (χ0) is 18.1. The number of carbonyl (C=O) groups excluding carboxylic acids is 1. The number of esters is 1. The highest BCUT2D eigenvalue weighted by Gasteiger charge is 2.36. The van der Waals surface area contributed by atoms with Crippen molar-refractivity contribution in [1.82, 2.24) is 4.98 Å². The van der Waals surface area contributed by atoms with Gasteiger partial charge in [-0.25, -0.2) is 9.18 Å². The molecule has 9 heteroatoms. The van der Waals surface area contributed by atoms with Gasteiger partial charge >= 0.3 is 12.1 Å². The monoisotopic (exact) mass is 455 g/mol. The standard InChI is InChI=1S/C15H10F4INO3/c1-23-13-5-10(16)7(3-11(13)20)12-4-9(15(17,18)19)8(6-21-12)14(22)24-2/h3-6H,1-2H3. The molecule has 1 aromatic carbocycles. The van der Waals surface area contributed by atoms with Gasteiger partial charge in [0, 0.05) is 17.8 Å². The van der Waals surface area contributed by atoms with Gasteiger partial charge in [-0.15, -0.1) is 0 Å². The zero-order valence-corrected chi connectivity index (χ0v) is 14.5. The maximum absolute atomic E-state index is 14.2. The quantitative estimate of drug-likeness (QED) is 0.394. The third kappa shape index (κ3) is 3.60. The van der Waals surface area contributed by atoms with Crippen LogP contribution in [0.1, 0.15) is 15.9 Å². The number of nitrogens with zero attached hydrogens (tertiary/aromatic N) is 1. The summed E-state index contributed by atoms with van der Waals surface area (Å²) in [6.45, 7) is 0. The first kappa shape index (κ1) is 18.4. The van der Waals surface area contributed by atoms with E-state index in [1.54, 1.807) is 0 Å². The number of hydrogen-bond donors (Lipinski definition) is 0. The Morgan fingerprint density at radius 1 is 1.21 bits per heavy atom. The molecule has 0 N–H and O–H groups in total. The number of hydrogen-bond acceptors (Lipinski definition) is 4. The Balaban J connectivity index is 2.65. The summed E-state index contributed by atoms with van der Waals surface area (Å²) in [6, 6.07) is 2.99. The molecule has 1 aromatic heterocycles. The van der Waals surface area contributed by atoms with E-state index in [9.17, 15) is 22.4 Å². The van der Waals surface area contributed by atoms with Crippen LogP contribution in [0.3, 0.4) is 0 Å². The third-order valence-corrected chi connectivity index (χ3v) is 3.98. The molecule has 0 unspecified atom stereocenters. The summed E-state index contributed by atoms with van der Waals surface area (Å²) in [5.41, 5.74) is -2.38. The molecule has 0 radical (unpaired) electrons. The Morgan fingerprint density at radius 2 is 1.88 bits per heavy atom. The Bertz CT molecular complexity index is 793. The summed E-state index contributed by atoms with van der Waals surface area (Å²) in [7, 11) is 2.31. The number of halogens is 5. The minimum absolute atomic E-state index is 0.137. The lowest BCUT2D eigenvalue weighted by atomic mass is 10.0. The molecule has 4 nitrogen and oxygen atoms in total. The molecule has 0 aliphatic carbocycles. The minimum atomic E-state index is -4.82. The first-order valence-corrected chi connectivity index (χ1v) is 7.46. The van der Waals surface area contributed by atoms with Gasteiger partial charge in [0.1, 0.15) is 11.6 Å². The first-order chi connectivity index (χ1) is 11.2. The van der Waals surface area contributed by atoms with E-state index in [1.807, 2.05) is 22.6 Å². The smallest absolute Gasteiger partial charge is 0.417 e. The number of benzene rings is 1. The van der Waals surface area contributed by atoms with Crippen LogP contribution in [0.5, 0.6) is 5.75 Å². The number of methoxy groups -OCH3 is 2. The number of rotatable bonds is 3. The van der Waals surface area contributed by atoms with Crippen LogP contribution >= 0.6 is 22.6 Å². The van der Waals surface area contributed by atoms with Crippen molar-refractivity contribution in [3.63, 3.8) is 0 Å². The molecule has 0 atom stereocenters. The van der Waals surface area contributed by atoms with Crippen LogP contribution in [-0.2, 0) is 10.9 Å². The van der Waals surface area contributed by atoms with E-state index in [0.717, 1.165) is 19.4 Å². The van der Waals surface area contributed by atoms with Crippen LogP contribution in [0, 0.1) is 9.39 Å². The van der Waals surface area contributed by atoms with Crippen LogP contribution in [0.2, 0.25) is 0 Å². The number of carbonyl (C=O) groups is 1. The number of ether oxygens (including phenoxy) is 2. The fourth-order valence-electron chi connectivity index (χ4n) is 1.99. The molecule has 0 saturated carbocycles. The lowest BCUT2D eigenvalue weighted by Gasteiger charge is -2.13. The van der Waals surface area contributed by atoms with Crippen molar-refractivity contribution in [3.8, 4) is 17.0 Å². The van der Waals surface area contributed by atoms with Crippen molar-refractivity contribution in [2.45, 2.75) is 6.18 Å². The van der Waals surface area contributed by atoms with E-state index < -0.39 is 29.1 Å². The molecule has 2 aromatic rings. The summed E-state index contributed by atoms with van der Waals surface area (Å²) >= 11 is 1.86. The minimum Gasteiger partial charge on any atom is -0.496 e. The molecular formula is C15H10F4INO3. The van der Waals surface area contributed by atoms with E-state index in [2.05, 4.69) is 9.72 Å². The van der Waals surface area contributed by atoms with E-state index in [1.165, 1.54) is 13.2 Å². The maximum atomic E-state index is 14.2. The van der Waals surface area contributed by atoms with E-state index in [0.29, 0.717) is 9.64 Å². The summed E-state index contributed by atoms with van der Waals surface area (Å²) < 4.78 is 63.5. The number of pyridine rings is 1. The second-order valence-electron chi connectivity index (χ2n) is 4.57. The Labute approximate surface area is 147 Å². The lowest BCUT2D eigenvalue weighted by molar-refractivity contribution is -0.138. The highest BCUT2D eigenvalue weighted by atomic mass is 127. The van der Waals surface area contributed by atoms with E-state index in [-0.39, 0.29) is 17.0 Å². The summed E-state index contributed by atoms with van der Waals surface area (Å²) in [5.74, 6) is -1.72. The fourth-order valence-corrected chi connectivity index (χ4v) is 2.68. The fraction of sp³-hybridized carbons (Fsp3) is 0.200. The van der Waals surface area contributed by atoms with Gasteiger partial charge in [0.05, 0.1) is 34.6 Å². The predicted molar refractivity (Wildman–Crippen MR) is 85.2 cm³/mol. The van der Waals surface area contributed by atoms with Gasteiger partial charge in [-0.05, 0) is 34.7 Å². The van der Waals surface area contributed by atoms with Gasteiger partial charge in [-0.3, -0.25) is 4.98 Å². The second kappa shape index (κ2) is 6.91. The molecule has 2 rings (SSSR count). The molecule has 24 heavy (non-hydrogen) atoms. The van der Waals surface area contributed by atoms with E-state index in [4.69, 9.17) is 4.74 Å². The van der Waals surface area contributed by atoms with Crippen LogP contribution in [-0.4, -0.2) is 25.2 Å². The molecular weight excluding hydrogens is 445 g/mol. The van der Waals surface area contributed by atoms with Gasteiger partial charge in [0.15, 0.2) is 0 Å². The molecule has 0 bridgehead atoms. The van der Waals surface area contributed by atoms with Crippen LogP contribution in [0.25, 0.3) is 11.3 Å². The lowest BCUT2D eigenvalue weighted by Crippen LogP contribution is -2.15. The van der Waals surface area contributed by atoms with Gasteiger partial charge in [0.2, 0.25) is 0 Å². The van der Waals surface area contributed by atoms with E-state index >= 15 is 0 Å². The molecule has 0 saturated heterocycles. The molecule has 0 amide bonds. The second-order valence-corrected chi connectivity index (χ2v) is 5.73.